The molecule has 0 aliphatic rings. The molecule has 0 amide bonds. The fraction of sp³-hybridized carbons (Fsp3) is 1.00. The molecule has 0 aromatic rings. The molecule has 0 fully saturated rings. The van der Waals surface area contributed by atoms with E-state index in [0.29, 0.717) is 0 Å². The van der Waals surface area contributed by atoms with Crippen molar-refractivity contribution in [1.29, 1.82) is 0 Å². The number of hydrogen-bond donors (Lipinski definition) is 1. The summed E-state index contributed by atoms with van der Waals surface area (Å²) >= 11 is 5.79. The Balaban J connectivity index is 4.02. The highest BCUT2D eigenvalue weighted by Gasteiger charge is 2.30. The Morgan fingerprint density at radius 1 is 1.12 bits per heavy atom. The summed E-state index contributed by atoms with van der Waals surface area (Å²) < 4.78 is 0. The van der Waals surface area contributed by atoms with Crippen LogP contribution in [0.3, 0.4) is 0 Å². The van der Waals surface area contributed by atoms with Crippen LogP contribution < -0.4 is 5.73 Å². The van der Waals surface area contributed by atoms with E-state index in [1.165, 1.54) is 0 Å². The first kappa shape index (κ1) is 8.25. The Morgan fingerprint density at radius 2 is 1.25 bits per heavy atom. The van der Waals surface area contributed by atoms with E-state index in [1.54, 1.807) is 0 Å². The smallest absolute Gasteiger partial charge is 0.0931 e. The molecule has 0 saturated heterocycles. The molecule has 0 rings (SSSR count). The fourth-order valence-corrected chi connectivity index (χ4v) is 0. The van der Waals surface area contributed by atoms with E-state index < -0.39 is 5.00 Å². The first-order chi connectivity index (χ1) is 3.25. The molecule has 2 heteroatoms. The van der Waals surface area contributed by atoms with Crippen LogP contribution in [0.2, 0.25) is 0 Å². The highest BCUT2D eigenvalue weighted by molar-refractivity contribution is 6.23. The van der Waals surface area contributed by atoms with Gasteiger partial charge in [-0.05, 0) is 12.3 Å². The lowest BCUT2D eigenvalue weighted by Gasteiger charge is -2.31. The van der Waals surface area contributed by atoms with Gasteiger partial charge in [0.2, 0.25) is 0 Å². The number of alkyl halides is 1. The molecule has 1 unspecified atom stereocenters. The van der Waals surface area contributed by atoms with Gasteiger partial charge < -0.3 is 5.73 Å². The zero-order valence-corrected chi connectivity index (χ0v) is 6.71. The van der Waals surface area contributed by atoms with E-state index >= 15 is 0 Å². The first-order valence-corrected chi connectivity index (χ1v) is 3.11. The maximum Gasteiger partial charge on any atom is 0.0931 e. The average molecular weight is 136 g/mol. The maximum atomic E-state index is 5.79. The van der Waals surface area contributed by atoms with Gasteiger partial charge in [0.15, 0.2) is 0 Å². The predicted molar refractivity (Wildman–Crippen MR) is 37.9 cm³/mol. The van der Waals surface area contributed by atoms with Crippen LogP contribution in [0.25, 0.3) is 0 Å². The summed E-state index contributed by atoms with van der Waals surface area (Å²) in [6, 6.07) is 0. The Bertz CT molecular complexity index is 63.5. The molecular formula is C6H14ClN. The normalized spacial score (nSPS) is 20.2. The Morgan fingerprint density at radius 3 is 1.25 bits per heavy atom. The van der Waals surface area contributed by atoms with Crippen molar-refractivity contribution in [3.05, 3.63) is 0 Å². The quantitative estimate of drug-likeness (QED) is 0.399. The molecule has 1 atom stereocenters. The lowest BCUT2D eigenvalue weighted by atomic mass is 9.88. The third-order valence-electron chi connectivity index (χ3n) is 1.47. The van der Waals surface area contributed by atoms with E-state index in [2.05, 4.69) is 0 Å². The largest absolute Gasteiger partial charge is 0.313 e. The van der Waals surface area contributed by atoms with Crippen LogP contribution >= 0.6 is 11.6 Å². The van der Waals surface area contributed by atoms with Crippen molar-refractivity contribution in [2.45, 2.75) is 32.7 Å². The lowest BCUT2D eigenvalue weighted by Crippen LogP contribution is -2.42. The standard InChI is InChI=1S/C6H14ClN/c1-5(2,3)6(4,7)8/h8H2,1-4H3. The zero-order chi connectivity index (χ0) is 7.00. The molecule has 0 bridgehead atoms. The molecule has 0 aliphatic carbocycles. The summed E-state index contributed by atoms with van der Waals surface area (Å²) in [6.45, 7) is 7.86. The van der Waals surface area contributed by atoms with E-state index in [9.17, 15) is 0 Å². The molecule has 0 aromatic carbocycles. The minimum absolute atomic E-state index is 0.0193. The highest BCUT2D eigenvalue weighted by atomic mass is 35.5. The maximum absolute atomic E-state index is 5.79. The van der Waals surface area contributed by atoms with Crippen LogP contribution in [0.15, 0.2) is 0 Å². The van der Waals surface area contributed by atoms with Crippen LogP contribution in [0.1, 0.15) is 27.7 Å². The lowest BCUT2D eigenvalue weighted by molar-refractivity contribution is 0.299. The Hall–Kier alpha value is 0.250. The highest BCUT2D eigenvalue weighted by Crippen LogP contribution is 2.30. The van der Waals surface area contributed by atoms with Gasteiger partial charge in [-0.3, -0.25) is 0 Å². The zero-order valence-electron chi connectivity index (χ0n) is 5.96. The minimum Gasteiger partial charge on any atom is -0.313 e. The third-order valence-corrected chi connectivity index (χ3v) is 2.03. The van der Waals surface area contributed by atoms with E-state index in [1.807, 2.05) is 27.7 Å². The predicted octanol–water partition coefficient (Wildman–Crippen LogP) is 1.95. The molecule has 0 saturated carbocycles. The molecule has 50 valence electrons. The molecule has 0 spiro atoms. The van der Waals surface area contributed by atoms with Gasteiger partial charge in [-0.2, -0.15) is 0 Å². The fourth-order valence-electron chi connectivity index (χ4n) is 0. The van der Waals surface area contributed by atoms with Gasteiger partial charge in [0, 0.05) is 0 Å². The second-order valence-corrected chi connectivity index (χ2v) is 4.11. The van der Waals surface area contributed by atoms with Crippen LogP contribution in [0, 0.1) is 5.41 Å². The summed E-state index contributed by atoms with van der Waals surface area (Å²) in [5.41, 5.74) is 5.56. The first-order valence-electron chi connectivity index (χ1n) is 2.73. The number of hydrogen-bond acceptors (Lipinski definition) is 1. The molecule has 0 heterocycles. The third kappa shape index (κ3) is 2.01. The van der Waals surface area contributed by atoms with Crippen LogP contribution in [-0.2, 0) is 0 Å². The van der Waals surface area contributed by atoms with Crippen LogP contribution in [0.4, 0.5) is 0 Å². The van der Waals surface area contributed by atoms with Gasteiger partial charge in [0.1, 0.15) is 0 Å². The van der Waals surface area contributed by atoms with Crippen molar-refractivity contribution in [1.82, 2.24) is 0 Å². The van der Waals surface area contributed by atoms with Gasteiger partial charge in [-0.1, -0.05) is 20.8 Å². The van der Waals surface area contributed by atoms with Crippen molar-refractivity contribution in [2.24, 2.45) is 11.1 Å². The van der Waals surface area contributed by atoms with Crippen molar-refractivity contribution in [3.63, 3.8) is 0 Å². The van der Waals surface area contributed by atoms with Gasteiger partial charge in [-0.25, -0.2) is 0 Å². The molecular weight excluding hydrogens is 122 g/mol. The Kier molecular flexibility index (Phi) is 1.95. The number of nitrogens with two attached hydrogens (primary N) is 1. The summed E-state index contributed by atoms with van der Waals surface area (Å²) in [5.74, 6) is 0. The minimum atomic E-state index is -0.590. The molecule has 0 radical (unpaired) electrons. The van der Waals surface area contributed by atoms with Gasteiger partial charge in [0.25, 0.3) is 0 Å². The number of halogens is 1. The second-order valence-electron chi connectivity index (χ2n) is 3.33. The van der Waals surface area contributed by atoms with Crippen molar-refractivity contribution >= 4 is 11.6 Å². The molecule has 0 aromatic heterocycles. The molecule has 0 aliphatic heterocycles. The second kappa shape index (κ2) is 1.89. The van der Waals surface area contributed by atoms with Crippen LogP contribution in [-0.4, -0.2) is 5.00 Å². The summed E-state index contributed by atoms with van der Waals surface area (Å²) in [7, 11) is 0. The molecule has 1 nitrogen and oxygen atoms in total. The van der Waals surface area contributed by atoms with Gasteiger partial charge in [0.05, 0.1) is 5.00 Å². The van der Waals surface area contributed by atoms with Crippen molar-refractivity contribution < 1.29 is 0 Å². The van der Waals surface area contributed by atoms with E-state index in [0.717, 1.165) is 0 Å². The van der Waals surface area contributed by atoms with E-state index in [-0.39, 0.29) is 5.41 Å². The average Bonchev–Trinajstić information content (AvgIpc) is 1.25. The van der Waals surface area contributed by atoms with E-state index in [4.69, 9.17) is 17.3 Å². The summed E-state index contributed by atoms with van der Waals surface area (Å²) in [4.78, 5) is -0.590. The summed E-state index contributed by atoms with van der Waals surface area (Å²) in [6.07, 6.45) is 0. The van der Waals surface area contributed by atoms with Crippen molar-refractivity contribution in [3.8, 4) is 0 Å². The summed E-state index contributed by atoms with van der Waals surface area (Å²) in [5, 5.41) is 0. The molecule has 2 N–H and O–H groups in total. The monoisotopic (exact) mass is 135 g/mol. The van der Waals surface area contributed by atoms with Gasteiger partial charge >= 0.3 is 0 Å². The number of rotatable bonds is 0. The Labute approximate surface area is 56.2 Å². The van der Waals surface area contributed by atoms with Gasteiger partial charge in [-0.15, -0.1) is 11.6 Å². The SMILES string of the molecule is CC(C)(C)C(C)(N)Cl. The van der Waals surface area contributed by atoms with Crippen molar-refractivity contribution in [2.75, 3.05) is 0 Å². The van der Waals surface area contributed by atoms with Crippen LogP contribution in [0.5, 0.6) is 0 Å². The molecule has 8 heavy (non-hydrogen) atoms. The topological polar surface area (TPSA) is 26.0 Å².